The number of nitrogens with zero attached hydrogens (tertiary/aromatic N) is 1. The van der Waals surface area contributed by atoms with E-state index >= 15 is 0 Å². The molecule has 1 atom stereocenters. The number of amides is 2. The molecule has 2 aromatic carbocycles. The molecule has 0 radical (unpaired) electrons. The molecule has 0 spiro atoms. The molecule has 180 valence electrons. The second kappa shape index (κ2) is 13.3. The lowest BCUT2D eigenvalue weighted by molar-refractivity contribution is -0.141. The Balaban J connectivity index is 2.23. The van der Waals surface area contributed by atoms with Crippen molar-refractivity contribution in [2.45, 2.75) is 52.6 Å². The van der Waals surface area contributed by atoms with E-state index in [4.69, 9.17) is 32.7 Å². The van der Waals surface area contributed by atoms with E-state index in [0.29, 0.717) is 47.6 Å². The van der Waals surface area contributed by atoms with Crippen molar-refractivity contribution in [3.8, 4) is 11.5 Å². The second-order valence-electron chi connectivity index (χ2n) is 7.44. The van der Waals surface area contributed by atoms with Gasteiger partial charge in [0, 0.05) is 30.1 Å². The number of hydrogen-bond donors (Lipinski definition) is 1. The third-order valence-electron chi connectivity index (χ3n) is 5.22. The van der Waals surface area contributed by atoms with Gasteiger partial charge in [-0.15, -0.1) is 0 Å². The molecular weight excluding hydrogens is 463 g/mol. The Morgan fingerprint density at radius 2 is 1.70 bits per heavy atom. The van der Waals surface area contributed by atoms with Crippen molar-refractivity contribution in [2.24, 2.45) is 0 Å². The van der Waals surface area contributed by atoms with Crippen molar-refractivity contribution in [3.63, 3.8) is 0 Å². The predicted octanol–water partition coefficient (Wildman–Crippen LogP) is 5.28. The summed E-state index contributed by atoms with van der Waals surface area (Å²) < 4.78 is 11.3. The minimum atomic E-state index is -0.603. The van der Waals surface area contributed by atoms with Crippen molar-refractivity contribution in [2.75, 3.05) is 20.3 Å². The lowest BCUT2D eigenvalue weighted by Crippen LogP contribution is -2.48. The summed E-state index contributed by atoms with van der Waals surface area (Å²) in [5.41, 5.74) is 1.68. The number of hydrogen-bond acceptors (Lipinski definition) is 4. The zero-order chi connectivity index (χ0) is 24.4. The van der Waals surface area contributed by atoms with Crippen LogP contribution in [-0.4, -0.2) is 43.0 Å². The van der Waals surface area contributed by atoms with Crippen LogP contribution in [0.4, 0.5) is 0 Å². The van der Waals surface area contributed by atoms with Gasteiger partial charge in [-0.2, -0.15) is 0 Å². The van der Waals surface area contributed by atoms with E-state index in [1.54, 1.807) is 30.1 Å². The minimum absolute atomic E-state index is 0.136. The number of carbonyl (C=O) groups is 2. The highest BCUT2D eigenvalue weighted by Gasteiger charge is 2.28. The van der Waals surface area contributed by atoms with Crippen LogP contribution < -0.4 is 14.8 Å². The Morgan fingerprint density at radius 1 is 1.00 bits per heavy atom. The van der Waals surface area contributed by atoms with Crippen molar-refractivity contribution in [1.29, 1.82) is 0 Å². The Kier molecular flexibility index (Phi) is 10.8. The molecule has 0 aliphatic rings. The van der Waals surface area contributed by atoms with Crippen LogP contribution in [0.1, 0.15) is 44.7 Å². The number of nitrogens with one attached hydrogen (secondary N) is 1. The molecule has 0 aliphatic heterocycles. The molecule has 0 aromatic heterocycles. The Bertz CT molecular complexity index is 952. The molecule has 0 saturated carbocycles. The van der Waals surface area contributed by atoms with Gasteiger partial charge in [0.1, 0.15) is 6.04 Å². The standard InChI is InChI=1S/C25H32Cl2N2O4/c1-5-21(25(31)28-4)29(16-18-10-11-19(26)15-20(18)27)24(30)13-9-17-8-12-22(32-6-2)23(14-17)33-7-3/h8,10-12,14-15,21H,5-7,9,13,16H2,1-4H3,(H,28,31)/t21-/m0/s1. The maximum atomic E-state index is 13.3. The van der Waals surface area contributed by atoms with E-state index < -0.39 is 6.04 Å². The van der Waals surface area contributed by atoms with Crippen molar-refractivity contribution in [3.05, 3.63) is 57.6 Å². The lowest BCUT2D eigenvalue weighted by atomic mass is 10.1. The van der Waals surface area contributed by atoms with Crippen LogP contribution in [0, 0.1) is 0 Å². The van der Waals surface area contributed by atoms with E-state index in [9.17, 15) is 9.59 Å². The molecule has 6 nitrogen and oxygen atoms in total. The fraction of sp³-hybridized carbons (Fsp3) is 0.440. The first-order chi connectivity index (χ1) is 15.8. The summed E-state index contributed by atoms with van der Waals surface area (Å²) in [6.07, 6.45) is 1.22. The average Bonchev–Trinajstić information content (AvgIpc) is 2.80. The third-order valence-corrected chi connectivity index (χ3v) is 5.81. The fourth-order valence-corrected chi connectivity index (χ4v) is 4.03. The molecule has 8 heteroatoms. The fourth-order valence-electron chi connectivity index (χ4n) is 3.57. The summed E-state index contributed by atoms with van der Waals surface area (Å²) in [5.74, 6) is 0.990. The average molecular weight is 495 g/mol. The van der Waals surface area contributed by atoms with Gasteiger partial charge in [0.05, 0.1) is 13.2 Å². The summed E-state index contributed by atoms with van der Waals surface area (Å²) in [6, 6.07) is 10.2. The molecule has 33 heavy (non-hydrogen) atoms. The molecule has 0 unspecified atom stereocenters. The number of aryl methyl sites for hydroxylation is 1. The molecule has 2 amide bonds. The maximum absolute atomic E-state index is 13.3. The van der Waals surface area contributed by atoms with Crippen LogP contribution in [0.15, 0.2) is 36.4 Å². The molecule has 0 aliphatic carbocycles. The first-order valence-electron chi connectivity index (χ1n) is 11.2. The smallest absolute Gasteiger partial charge is 0.242 e. The Hall–Kier alpha value is -2.44. The van der Waals surface area contributed by atoms with Gasteiger partial charge < -0.3 is 19.7 Å². The van der Waals surface area contributed by atoms with Crippen LogP contribution in [0.25, 0.3) is 0 Å². The van der Waals surface area contributed by atoms with Gasteiger partial charge in [-0.3, -0.25) is 9.59 Å². The third kappa shape index (κ3) is 7.54. The molecule has 1 N–H and O–H groups in total. The van der Waals surface area contributed by atoms with Gasteiger partial charge in [0.2, 0.25) is 11.8 Å². The largest absolute Gasteiger partial charge is 0.490 e. The summed E-state index contributed by atoms with van der Waals surface area (Å²) in [7, 11) is 1.57. The highest BCUT2D eigenvalue weighted by atomic mass is 35.5. The number of benzene rings is 2. The van der Waals surface area contributed by atoms with E-state index in [-0.39, 0.29) is 24.8 Å². The van der Waals surface area contributed by atoms with Gasteiger partial charge >= 0.3 is 0 Å². The van der Waals surface area contributed by atoms with Crippen LogP contribution in [0.5, 0.6) is 11.5 Å². The molecule has 2 aromatic rings. The van der Waals surface area contributed by atoms with Crippen LogP contribution >= 0.6 is 23.2 Å². The molecule has 0 saturated heterocycles. The zero-order valence-corrected chi connectivity index (χ0v) is 21.1. The minimum Gasteiger partial charge on any atom is -0.490 e. The predicted molar refractivity (Wildman–Crippen MR) is 132 cm³/mol. The van der Waals surface area contributed by atoms with Crippen molar-refractivity contribution >= 4 is 35.0 Å². The lowest BCUT2D eigenvalue weighted by Gasteiger charge is -2.30. The summed E-state index contributed by atoms with van der Waals surface area (Å²) >= 11 is 12.4. The van der Waals surface area contributed by atoms with E-state index in [1.807, 2.05) is 39.0 Å². The molecular formula is C25H32Cl2N2O4. The number of rotatable bonds is 12. The van der Waals surface area contributed by atoms with Crippen molar-refractivity contribution < 1.29 is 19.1 Å². The number of carbonyl (C=O) groups excluding carboxylic acids is 2. The first kappa shape index (κ1) is 26.8. The molecule has 0 fully saturated rings. The van der Waals surface area contributed by atoms with Crippen LogP contribution in [0.2, 0.25) is 10.0 Å². The normalized spacial score (nSPS) is 11.6. The summed E-state index contributed by atoms with van der Waals surface area (Å²) in [5, 5.41) is 3.63. The molecule has 0 bridgehead atoms. The van der Waals surface area contributed by atoms with Gasteiger partial charge in [0.25, 0.3) is 0 Å². The van der Waals surface area contributed by atoms with Gasteiger partial charge in [-0.25, -0.2) is 0 Å². The Morgan fingerprint density at radius 3 is 2.30 bits per heavy atom. The first-order valence-corrected chi connectivity index (χ1v) is 11.9. The topological polar surface area (TPSA) is 67.9 Å². The van der Waals surface area contributed by atoms with Gasteiger partial charge in [-0.1, -0.05) is 42.3 Å². The van der Waals surface area contributed by atoms with Crippen LogP contribution in [-0.2, 0) is 22.6 Å². The van der Waals surface area contributed by atoms with E-state index in [2.05, 4.69) is 5.32 Å². The molecule has 2 rings (SSSR count). The second-order valence-corrected chi connectivity index (χ2v) is 8.29. The number of ether oxygens (including phenoxy) is 2. The van der Waals surface area contributed by atoms with Crippen LogP contribution in [0.3, 0.4) is 0 Å². The summed E-state index contributed by atoms with van der Waals surface area (Å²) in [6.45, 7) is 6.98. The van der Waals surface area contributed by atoms with E-state index in [0.717, 1.165) is 11.1 Å². The highest BCUT2D eigenvalue weighted by molar-refractivity contribution is 6.35. The maximum Gasteiger partial charge on any atom is 0.242 e. The highest BCUT2D eigenvalue weighted by Crippen LogP contribution is 2.29. The Labute approximate surface area is 206 Å². The van der Waals surface area contributed by atoms with Gasteiger partial charge in [-0.05, 0) is 62.1 Å². The quantitative estimate of drug-likeness (QED) is 0.435. The SMILES string of the molecule is CCOc1ccc(CCC(=O)N(Cc2ccc(Cl)cc2Cl)[C@@H](CC)C(=O)NC)cc1OCC. The number of likely N-dealkylation sites (N-methyl/N-ethyl adjacent to an activating group) is 1. The zero-order valence-electron chi connectivity index (χ0n) is 19.6. The molecule has 0 heterocycles. The van der Waals surface area contributed by atoms with Gasteiger partial charge in [0.15, 0.2) is 11.5 Å². The monoisotopic (exact) mass is 494 g/mol. The summed E-state index contributed by atoms with van der Waals surface area (Å²) in [4.78, 5) is 27.4. The number of halogens is 2. The van der Waals surface area contributed by atoms with Crippen molar-refractivity contribution in [1.82, 2.24) is 10.2 Å². The van der Waals surface area contributed by atoms with E-state index in [1.165, 1.54) is 0 Å².